The van der Waals surface area contributed by atoms with Crippen LogP contribution < -0.4 is 15.8 Å². The van der Waals surface area contributed by atoms with Gasteiger partial charge in [0.05, 0.1) is 12.2 Å². The zero-order valence-electron chi connectivity index (χ0n) is 11.7. The van der Waals surface area contributed by atoms with E-state index in [1.54, 1.807) is 27.7 Å². The van der Waals surface area contributed by atoms with Gasteiger partial charge < -0.3 is 20.5 Å². The van der Waals surface area contributed by atoms with Gasteiger partial charge in [-0.3, -0.25) is 0 Å². The summed E-state index contributed by atoms with van der Waals surface area (Å²) >= 11 is 0. The van der Waals surface area contributed by atoms with Crippen LogP contribution in [0, 0.1) is 6.92 Å². The molecule has 0 saturated carbocycles. The number of nitrogens with zero attached hydrogens (tertiary/aromatic N) is 2. The standard InChI is InChI=1S/C12H20N4O3/c1-8-9(10(13)16-7-15-8)18-6-5-14-11(17)19-12(2,3)4/h7H,5-6H2,1-4H3,(H,14,17)(H2,13,15,16). The minimum absolute atomic E-state index is 0.262. The maximum absolute atomic E-state index is 11.4. The number of hydrogen-bond donors (Lipinski definition) is 2. The lowest BCUT2D eigenvalue weighted by molar-refractivity contribution is 0.0520. The first kappa shape index (κ1) is 15.0. The van der Waals surface area contributed by atoms with Gasteiger partial charge in [-0.2, -0.15) is 0 Å². The van der Waals surface area contributed by atoms with E-state index in [4.69, 9.17) is 15.2 Å². The van der Waals surface area contributed by atoms with Crippen LogP contribution in [-0.2, 0) is 4.74 Å². The second kappa shape index (κ2) is 6.21. The molecule has 1 aromatic rings. The second-order valence-corrected chi connectivity index (χ2v) is 4.95. The third-order valence-electron chi connectivity index (χ3n) is 2.03. The number of hydrogen-bond acceptors (Lipinski definition) is 6. The fourth-order valence-corrected chi connectivity index (χ4v) is 1.28. The highest BCUT2D eigenvalue weighted by molar-refractivity contribution is 5.67. The van der Waals surface area contributed by atoms with Crippen LogP contribution in [0.5, 0.6) is 5.75 Å². The first-order valence-corrected chi connectivity index (χ1v) is 5.96. The van der Waals surface area contributed by atoms with Gasteiger partial charge in [-0.1, -0.05) is 0 Å². The number of carbonyl (C=O) groups excluding carboxylic acids is 1. The molecule has 3 N–H and O–H groups in total. The lowest BCUT2D eigenvalue weighted by atomic mass is 10.2. The number of anilines is 1. The average Bonchev–Trinajstić information content (AvgIpc) is 2.25. The van der Waals surface area contributed by atoms with Crippen molar-refractivity contribution in [2.45, 2.75) is 33.3 Å². The summed E-state index contributed by atoms with van der Waals surface area (Å²) in [5.41, 5.74) is 5.80. The molecule has 0 aromatic carbocycles. The number of nitrogens with one attached hydrogen (secondary N) is 1. The molecule has 1 heterocycles. The molecular weight excluding hydrogens is 248 g/mol. The van der Waals surface area contributed by atoms with E-state index in [-0.39, 0.29) is 12.4 Å². The van der Waals surface area contributed by atoms with E-state index >= 15 is 0 Å². The van der Waals surface area contributed by atoms with E-state index < -0.39 is 11.7 Å². The third kappa shape index (κ3) is 5.41. The predicted molar refractivity (Wildman–Crippen MR) is 70.9 cm³/mol. The molecular formula is C12H20N4O3. The SMILES string of the molecule is Cc1ncnc(N)c1OCCNC(=O)OC(C)(C)C. The zero-order valence-corrected chi connectivity index (χ0v) is 11.7. The van der Waals surface area contributed by atoms with E-state index in [0.717, 1.165) is 0 Å². The van der Waals surface area contributed by atoms with Crippen LogP contribution in [0.1, 0.15) is 26.5 Å². The van der Waals surface area contributed by atoms with Crippen molar-refractivity contribution in [3.63, 3.8) is 0 Å². The molecule has 0 aliphatic rings. The molecule has 0 saturated heterocycles. The number of nitrogens with two attached hydrogens (primary N) is 1. The van der Waals surface area contributed by atoms with Gasteiger partial charge in [0.2, 0.25) is 0 Å². The van der Waals surface area contributed by atoms with Gasteiger partial charge in [0, 0.05) is 0 Å². The number of rotatable bonds is 4. The highest BCUT2D eigenvalue weighted by atomic mass is 16.6. The Morgan fingerprint density at radius 1 is 1.42 bits per heavy atom. The van der Waals surface area contributed by atoms with E-state index in [2.05, 4.69) is 15.3 Å². The number of nitrogen functional groups attached to an aromatic ring is 1. The Labute approximate surface area is 112 Å². The van der Waals surface area contributed by atoms with Crippen LogP contribution in [0.25, 0.3) is 0 Å². The Balaban J connectivity index is 2.34. The van der Waals surface area contributed by atoms with E-state index in [1.807, 2.05) is 0 Å². The summed E-state index contributed by atoms with van der Waals surface area (Å²) in [6.07, 6.45) is 0.890. The summed E-state index contributed by atoms with van der Waals surface area (Å²) in [6.45, 7) is 7.74. The Morgan fingerprint density at radius 2 is 2.11 bits per heavy atom. The van der Waals surface area contributed by atoms with Crippen molar-refractivity contribution in [1.82, 2.24) is 15.3 Å². The maximum Gasteiger partial charge on any atom is 0.407 e. The van der Waals surface area contributed by atoms with Crippen molar-refractivity contribution >= 4 is 11.9 Å². The van der Waals surface area contributed by atoms with Crippen LogP contribution in [-0.4, -0.2) is 34.8 Å². The van der Waals surface area contributed by atoms with Crippen LogP contribution in [0.3, 0.4) is 0 Å². The van der Waals surface area contributed by atoms with Crippen LogP contribution >= 0.6 is 0 Å². The lowest BCUT2D eigenvalue weighted by Gasteiger charge is -2.19. The number of amides is 1. The van der Waals surface area contributed by atoms with Crippen molar-refractivity contribution in [1.29, 1.82) is 0 Å². The fraction of sp³-hybridized carbons (Fsp3) is 0.583. The Bertz CT molecular complexity index is 423. The first-order valence-electron chi connectivity index (χ1n) is 5.96. The van der Waals surface area contributed by atoms with E-state index in [0.29, 0.717) is 18.0 Å². The van der Waals surface area contributed by atoms with Crippen LogP contribution in [0.2, 0.25) is 0 Å². The zero-order chi connectivity index (χ0) is 14.5. The molecule has 0 atom stereocenters. The molecule has 7 nitrogen and oxygen atoms in total. The van der Waals surface area contributed by atoms with Gasteiger partial charge >= 0.3 is 6.09 Å². The summed E-state index contributed by atoms with van der Waals surface area (Å²) in [4.78, 5) is 19.2. The predicted octanol–water partition coefficient (Wildman–Crippen LogP) is 1.27. The molecule has 0 aliphatic carbocycles. The van der Waals surface area contributed by atoms with Crippen molar-refractivity contribution in [3.8, 4) is 5.75 Å². The van der Waals surface area contributed by atoms with Crippen molar-refractivity contribution in [2.24, 2.45) is 0 Å². The average molecular weight is 268 g/mol. The van der Waals surface area contributed by atoms with Crippen LogP contribution in [0.4, 0.5) is 10.6 Å². The van der Waals surface area contributed by atoms with Crippen molar-refractivity contribution in [2.75, 3.05) is 18.9 Å². The van der Waals surface area contributed by atoms with Gasteiger partial charge in [-0.15, -0.1) is 0 Å². The van der Waals surface area contributed by atoms with Gasteiger partial charge in [0.15, 0.2) is 11.6 Å². The molecule has 0 bridgehead atoms. The quantitative estimate of drug-likeness (QED) is 0.798. The van der Waals surface area contributed by atoms with Gasteiger partial charge in [0.25, 0.3) is 0 Å². The van der Waals surface area contributed by atoms with Gasteiger partial charge in [-0.05, 0) is 27.7 Å². The Hall–Kier alpha value is -2.05. The molecule has 0 aliphatic heterocycles. The highest BCUT2D eigenvalue weighted by Gasteiger charge is 2.15. The lowest BCUT2D eigenvalue weighted by Crippen LogP contribution is -2.34. The number of carbonyl (C=O) groups is 1. The Kier molecular flexibility index (Phi) is 4.91. The maximum atomic E-state index is 11.4. The van der Waals surface area contributed by atoms with Crippen molar-refractivity contribution in [3.05, 3.63) is 12.0 Å². The largest absolute Gasteiger partial charge is 0.486 e. The normalized spacial score (nSPS) is 10.9. The molecule has 0 spiro atoms. The molecule has 106 valence electrons. The number of alkyl carbamates (subject to hydrolysis) is 1. The first-order chi connectivity index (χ1) is 8.79. The van der Waals surface area contributed by atoms with E-state index in [9.17, 15) is 4.79 Å². The fourth-order valence-electron chi connectivity index (χ4n) is 1.28. The summed E-state index contributed by atoms with van der Waals surface area (Å²) in [5, 5.41) is 2.58. The second-order valence-electron chi connectivity index (χ2n) is 4.95. The minimum atomic E-state index is -0.515. The minimum Gasteiger partial charge on any atom is -0.486 e. The molecule has 0 unspecified atom stereocenters. The molecule has 19 heavy (non-hydrogen) atoms. The molecule has 0 fully saturated rings. The van der Waals surface area contributed by atoms with Gasteiger partial charge in [0.1, 0.15) is 18.5 Å². The summed E-state index contributed by atoms with van der Waals surface area (Å²) < 4.78 is 10.5. The number of aryl methyl sites for hydroxylation is 1. The highest BCUT2D eigenvalue weighted by Crippen LogP contribution is 2.20. The summed E-state index contributed by atoms with van der Waals surface area (Å²) in [5.74, 6) is 0.721. The smallest absolute Gasteiger partial charge is 0.407 e. The topological polar surface area (TPSA) is 99.4 Å². The Morgan fingerprint density at radius 3 is 2.68 bits per heavy atom. The monoisotopic (exact) mass is 268 g/mol. The summed E-state index contributed by atoms with van der Waals surface area (Å²) in [7, 11) is 0. The number of ether oxygens (including phenoxy) is 2. The molecule has 1 amide bonds. The molecule has 1 aromatic heterocycles. The number of aromatic nitrogens is 2. The third-order valence-corrected chi connectivity index (χ3v) is 2.03. The van der Waals surface area contributed by atoms with Gasteiger partial charge in [-0.25, -0.2) is 14.8 Å². The molecule has 7 heteroatoms. The van der Waals surface area contributed by atoms with E-state index in [1.165, 1.54) is 6.33 Å². The molecule has 0 radical (unpaired) electrons. The summed E-state index contributed by atoms with van der Waals surface area (Å²) in [6, 6.07) is 0. The molecule has 1 rings (SSSR count). The van der Waals surface area contributed by atoms with Crippen molar-refractivity contribution < 1.29 is 14.3 Å². The van der Waals surface area contributed by atoms with Crippen LogP contribution in [0.15, 0.2) is 6.33 Å².